The molecule has 1 atom stereocenters. The third-order valence-electron chi connectivity index (χ3n) is 2.38. The van der Waals surface area contributed by atoms with E-state index in [2.05, 4.69) is 35.1 Å². The Morgan fingerprint density at radius 1 is 1.44 bits per heavy atom. The molecule has 1 unspecified atom stereocenters. The van der Waals surface area contributed by atoms with Crippen LogP contribution in [0.2, 0.25) is 0 Å². The van der Waals surface area contributed by atoms with E-state index in [-0.39, 0.29) is 0 Å². The molecule has 1 rings (SSSR count). The fourth-order valence-electron chi connectivity index (χ4n) is 1.33. The molecule has 0 saturated heterocycles. The molecule has 4 nitrogen and oxygen atoms in total. The number of carboxylic acid groups (broad SMARTS) is 1. The molecule has 0 spiro atoms. The van der Waals surface area contributed by atoms with Gasteiger partial charge >= 0.3 is 5.97 Å². The molecular weight excluding hydrogens is 298 g/mol. The first kappa shape index (κ1) is 15.0. The Morgan fingerprint density at radius 3 is 2.67 bits per heavy atom. The number of carbonyl (C=O) groups is 1. The summed E-state index contributed by atoms with van der Waals surface area (Å²) in [6, 6.07) is 5.85. The zero-order valence-electron chi connectivity index (χ0n) is 10.7. The Hall–Kier alpha value is -1.07. The van der Waals surface area contributed by atoms with Crippen LogP contribution in [0.4, 0.5) is 0 Å². The second kappa shape index (κ2) is 6.75. The van der Waals surface area contributed by atoms with E-state index >= 15 is 0 Å². The van der Waals surface area contributed by atoms with E-state index in [1.54, 1.807) is 6.07 Å². The first-order valence-electron chi connectivity index (χ1n) is 5.81. The quantitative estimate of drug-likeness (QED) is 0.847. The van der Waals surface area contributed by atoms with Gasteiger partial charge in [-0.2, -0.15) is 0 Å². The van der Waals surface area contributed by atoms with Gasteiger partial charge in [0.2, 0.25) is 0 Å². The first-order valence-corrected chi connectivity index (χ1v) is 6.60. The van der Waals surface area contributed by atoms with Crippen molar-refractivity contribution in [2.75, 3.05) is 0 Å². The van der Waals surface area contributed by atoms with E-state index in [1.165, 1.54) is 6.92 Å². The largest absolute Gasteiger partial charge is 0.479 e. The molecule has 100 valence electrons. The molecule has 0 saturated carbocycles. The minimum Gasteiger partial charge on any atom is -0.479 e. The van der Waals surface area contributed by atoms with Crippen LogP contribution >= 0.6 is 15.9 Å². The van der Waals surface area contributed by atoms with Crippen LogP contribution in [0.25, 0.3) is 0 Å². The Labute approximate surface area is 115 Å². The number of halogens is 1. The zero-order valence-corrected chi connectivity index (χ0v) is 12.3. The smallest absolute Gasteiger partial charge is 0.344 e. The van der Waals surface area contributed by atoms with Crippen molar-refractivity contribution >= 4 is 21.9 Å². The molecule has 18 heavy (non-hydrogen) atoms. The lowest BCUT2D eigenvalue weighted by molar-refractivity contribution is -0.144. The van der Waals surface area contributed by atoms with Crippen LogP contribution < -0.4 is 10.1 Å². The fraction of sp³-hybridized carbons (Fsp3) is 0.462. The summed E-state index contributed by atoms with van der Waals surface area (Å²) in [6.07, 6.45) is -0.850. The van der Waals surface area contributed by atoms with E-state index in [1.807, 2.05) is 12.1 Å². The fourth-order valence-corrected chi connectivity index (χ4v) is 1.72. The average molecular weight is 316 g/mol. The number of carboxylic acids is 1. The van der Waals surface area contributed by atoms with Crippen molar-refractivity contribution in [3.05, 3.63) is 28.2 Å². The summed E-state index contributed by atoms with van der Waals surface area (Å²) in [6.45, 7) is 6.36. The van der Waals surface area contributed by atoms with Gasteiger partial charge < -0.3 is 15.2 Å². The van der Waals surface area contributed by atoms with Crippen LogP contribution in [-0.2, 0) is 11.3 Å². The Balaban J connectivity index is 2.77. The van der Waals surface area contributed by atoms with Crippen molar-refractivity contribution in [1.29, 1.82) is 0 Å². The van der Waals surface area contributed by atoms with Crippen LogP contribution in [0.3, 0.4) is 0 Å². The summed E-state index contributed by atoms with van der Waals surface area (Å²) in [5, 5.41) is 12.1. The molecule has 0 aliphatic carbocycles. The van der Waals surface area contributed by atoms with Crippen molar-refractivity contribution in [3.8, 4) is 5.75 Å². The second-order valence-electron chi connectivity index (χ2n) is 4.39. The molecule has 0 fully saturated rings. The predicted octanol–water partition coefficient (Wildman–Crippen LogP) is 2.80. The summed E-state index contributed by atoms with van der Waals surface area (Å²) in [5.41, 5.74) is 1.04. The lowest BCUT2D eigenvalue weighted by Crippen LogP contribution is -2.23. The van der Waals surface area contributed by atoms with Gasteiger partial charge in [-0.1, -0.05) is 29.8 Å². The van der Waals surface area contributed by atoms with Crippen molar-refractivity contribution in [3.63, 3.8) is 0 Å². The van der Waals surface area contributed by atoms with Gasteiger partial charge in [-0.05, 0) is 30.7 Å². The maximum Gasteiger partial charge on any atom is 0.344 e. The number of benzene rings is 1. The maximum absolute atomic E-state index is 10.7. The van der Waals surface area contributed by atoms with E-state index in [4.69, 9.17) is 9.84 Å². The number of aliphatic carboxylic acids is 1. The molecule has 0 amide bonds. The molecule has 2 N–H and O–H groups in total. The van der Waals surface area contributed by atoms with Gasteiger partial charge in [0.15, 0.2) is 6.10 Å². The molecule has 0 heterocycles. The molecule has 0 aromatic heterocycles. The third kappa shape index (κ3) is 4.66. The zero-order chi connectivity index (χ0) is 13.7. The van der Waals surface area contributed by atoms with Crippen molar-refractivity contribution in [1.82, 2.24) is 5.32 Å². The van der Waals surface area contributed by atoms with Crippen molar-refractivity contribution < 1.29 is 14.6 Å². The number of hydrogen-bond donors (Lipinski definition) is 2. The minimum atomic E-state index is -0.972. The molecule has 0 bridgehead atoms. The van der Waals surface area contributed by atoms with Crippen molar-refractivity contribution in [2.45, 2.75) is 39.5 Å². The number of rotatable bonds is 6. The lowest BCUT2D eigenvalue weighted by atomic mass is 10.2. The van der Waals surface area contributed by atoms with Crippen LogP contribution in [0.15, 0.2) is 22.7 Å². The van der Waals surface area contributed by atoms with Crippen LogP contribution in [0, 0.1) is 0 Å². The highest BCUT2D eigenvalue weighted by Crippen LogP contribution is 2.23. The van der Waals surface area contributed by atoms with Crippen LogP contribution in [0.5, 0.6) is 5.75 Å². The van der Waals surface area contributed by atoms with Gasteiger partial charge in [0, 0.05) is 17.1 Å². The Bertz CT molecular complexity index is 421. The molecule has 0 aliphatic rings. The lowest BCUT2D eigenvalue weighted by Gasteiger charge is -2.14. The molecule has 5 heteroatoms. The number of ether oxygens (including phenoxy) is 1. The average Bonchev–Trinajstić information content (AvgIpc) is 2.29. The summed E-state index contributed by atoms with van der Waals surface area (Å²) in [4.78, 5) is 10.7. The molecule has 0 aliphatic heterocycles. The first-order chi connectivity index (χ1) is 8.40. The Morgan fingerprint density at radius 2 is 2.11 bits per heavy atom. The van der Waals surface area contributed by atoms with Gasteiger partial charge in [0.25, 0.3) is 0 Å². The van der Waals surface area contributed by atoms with E-state index in [0.29, 0.717) is 18.3 Å². The summed E-state index contributed by atoms with van der Waals surface area (Å²) < 4.78 is 6.31. The highest BCUT2D eigenvalue weighted by molar-refractivity contribution is 9.10. The van der Waals surface area contributed by atoms with E-state index in [9.17, 15) is 4.79 Å². The van der Waals surface area contributed by atoms with E-state index < -0.39 is 12.1 Å². The number of hydrogen-bond acceptors (Lipinski definition) is 3. The van der Waals surface area contributed by atoms with Gasteiger partial charge in [-0.3, -0.25) is 0 Å². The highest BCUT2D eigenvalue weighted by Gasteiger charge is 2.13. The third-order valence-corrected chi connectivity index (χ3v) is 3.15. The van der Waals surface area contributed by atoms with Gasteiger partial charge in [0.1, 0.15) is 5.75 Å². The van der Waals surface area contributed by atoms with Crippen LogP contribution in [-0.4, -0.2) is 23.2 Å². The summed E-state index contributed by atoms with van der Waals surface area (Å²) in [5.74, 6) is -0.409. The molecule has 1 aromatic carbocycles. The summed E-state index contributed by atoms with van der Waals surface area (Å²) in [7, 11) is 0. The van der Waals surface area contributed by atoms with Crippen molar-refractivity contribution in [2.24, 2.45) is 0 Å². The van der Waals surface area contributed by atoms with E-state index in [0.717, 1.165) is 10.0 Å². The second-order valence-corrected chi connectivity index (χ2v) is 5.24. The normalized spacial score (nSPS) is 12.5. The summed E-state index contributed by atoms with van der Waals surface area (Å²) >= 11 is 3.46. The maximum atomic E-state index is 10.7. The van der Waals surface area contributed by atoms with Gasteiger partial charge in [-0.15, -0.1) is 0 Å². The van der Waals surface area contributed by atoms with Gasteiger partial charge in [0.05, 0.1) is 0 Å². The standard InChI is InChI=1S/C13H18BrNO3/c1-8(2)15-7-10-6-11(4-5-12(10)14)18-9(3)13(16)17/h4-6,8-9,15H,7H2,1-3H3,(H,16,17). The molecular formula is C13H18BrNO3. The topological polar surface area (TPSA) is 58.6 Å². The SMILES string of the molecule is CC(C)NCc1cc(OC(C)C(=O)O)ccc1Br. The van der Waals surface area contributed by atoms with Crippen LogP contribution in [0.1, 0.15) is 26.3 Å². The molecule has 0 radical (unpaired) electrons. The monoisotopic (exact) mass is 315 g/mol. The number of nitrogens with one attached hydrogen (secondary N) is 1. The molecule has 1 aromatic rings. The minimum absolute atomic E-state index is 0.388. The predicted molar refractivity (Wildman–Crippen MR) is 73.8 cm³/mol. The van der Waals surface area contributed by atoms with Gasteiger partial charge in [-0.25, -0.2) is 4.79 Å². The Kier molecular flexibility index (Phi) is 5.62. The highest BCUT2D eigenvalue weighted by atomic mass is 79.9.